The Balaban J connectivity index is 1.77. The van der Waals surface area contributed by atoms with Crippen LogP contribution in [0.15, 0.2) is 0 Å². The van der Waals surface area contributed by atoms with E-state index in [4.69, 9.17) is 0 Å². The fraction of sp³-hybridized carbons (Fsp3) is 1.00. The van der Waals surface area contributed by atoms with Gasteiger partial charge in [0.15, 0.2) is 0 Å². The molecule has 2 aliphatic rings. The maximum absolute atomic E-state index is 3.85. The van der Waals surface area contributed by atoms with E-state index in [-0.39, 0.29) is 0 Å². The lowest BCUT2D eigenvalue weighted by atomic mass is 9.67. The number of rotatable bonds is 4. The summed E-state index contributed by atoms with van der Waals surface area (Å²) in [5.74, 6) is 2.66. The third-order valence-electron chi connectivity index (χ3n) is 4.54. The predicted molar refractivity (Wildman–Crippen MR) is 74.1 cm³/mol. The van der Waals surface area contributed by atoms with E-state index >= 15 is 0 Å². The minimum absolute atomic E-state index is 0.541. The van der Waals surface area contributed by atoms with E-state index in [0.717, 1.165) is 6.04 Å². The van der Waals surface area contributed by atoms with Gasteiger partial charge in [0.1, 0.15) is 0 Å². The highest BCUT2D eigenvalue weighted by Gasteiger charge is 2.36. The van der Waals surface area contributed by atoms with E-state index < -0.39 is 0 Å². The molecule has 2 heteroatoms. The van der Waals surface area contributed by atoms with Crippen molar-refractivity contribution in [3.8, 4) is 0 Å². The molecule has 0 spiro atoms. The second-order valence-electron chi connectivity index (χ2n) is 6.67. The molecule has 0 radical (unpaired) electrons. The first kappa shape index (κ1) is 12.8. The van der Waals surface area contributed by atoms with Gasteiger partial charge in [0, 0.05) is 18.3 Å². The lowest BCUT2D eigenvalue weighted by Gasteiger charge is -2.44. The second kappa shape index (κ2) is 4.89. The minimum Gasteiger partial charge on any atom is -0.313 e. The van der Waals surface area contributed by atoms with Crippen LogP contribution in [0, 0.1) is 10.8 Å². The van der Waals surface area contributed by atoms with Gasteiger partial charge in [0.25, 0.3) is 0 Å². The van der Waals surface area contributed by atoms with Gasteiger partial charge in [-0.05, 0) is 42.3 Å². The molecular formula is C14H27NS. The molecule has 0 aromatic heterocycles. The van der Waals surface area contributed by atoms with E-state index in [1.54, 1.807) is 0 Å². The van der Waals surface area contributed by atoms with Crippen molar-refractivity contribution in [3.63, 3.8) is 0 Å². The molecule has 1 atom stereocenters. The standard InChI is InChI=1S/C14H27NS/c1-4-14(6-5-7-14)10-15-12-8-13(2,3)11-16-9-12/h12,15H,4-11H2,1-3H3. The molecule has 2 fully saturated rings. The molecule has 1 aliphatic carbocycles. The van der Waals surface area contributed by atoms with Crippen molar-refractivity contribution >= 4 is 11.8 Å². The average Bonchev–Trinajstić information content (AvgIpc) is 2.15. The van der Waals surface area contributed by atoms with Gasteiger partial charge in [-0.2, -0.15) is 11.8 Å². The van der Waals surface area contributed by atoms with Crippen LogP contribution in [0.3, 0.4) is 0 Å². The van der Waals surface area contributed by atoms with E-state index in [9.17, 15) is 0 Å². The molecule has 2 rings (SSSR count). The van der Waals surface area contributed by atoms with Crippen LogP contribution >= 0.6 is 11.8 Å². The summed E-state index contributed by atoms with van der Waals surface area (Å²) in [7, 11) is 0. The van der Waals surface area contributed by atoms with Crippen molar-refractivity contribution < 1.29 is 0 Å². The fourth-order valence-corrected chi connectivity index (χ4v) is 4.39. The lowest BCUT2D eigenvalue weighted by molar-refractivity contribution is 0.116. The Morgan fingerprint density at radius 2 is 2.06 bits per heavy atom. The van der Waals surface area contributed by atoms with Gasteiger partial charge < -0.3 is 5.32 Å². The van der Waals surface area contributed by atoms with Crippen LogP contribution in [0.25, 0.3) is 0 Å². The summed E-state index contributed by atoms with van der Waals surface area (Å²) >= 11 is 2.13. The van der Waals surface area contributed by atoms with Crippen molar-refractivity contribution in [2.45, 2.75) is 58.9 Å². The summed E-state index contributed by atoms with van der Waals surface area (Å²) in [6.07, 6.45) is 7.10. The second-order valence-corrected chi connectivity index (χ2v) is 7.70. The van der Waals surface area contributed by atoms with Gasteiger partial charge in [0.05, 0.1) is 0 Å². The van der Waals surface area contributed by atoms with Crippen molar-refractivity contribution in [3.05, 3.63) is 0 Å². The molecule has 1 saturated carbocycles. The van der Waals surface area contributed by atoms with Crippen molar-refractivity contribution in [2.24, 2.45) is 10.8 Å². The third kappa shape index (κ3) is 2.95. The summed E-state index contributed by atoms with van der Waals surface area (Å²) in [6, 6.07) is 0.762. The quantitative estimate of drug-likeness (QED) is 0.805. The molecule has 1 N–H and O–H groups in total. The summed E-state index contributed by atoms with van der Waals surface area (Å²) in [4.78, 5) is 0. The zero-order chi connectivity index (χ0) is 11.6. The minimum atomic E-state index is 0.541. The Hall–Kier alpha value is 0.310. The highest BCUT2D eigenvalue weighted by molar-refractivity contribution is 7.99. The number of thioether (sulfide) groups is 1. The Bertz CT molecular complexity index is 227. The van der Waals surface area contributed by atoms with Crippen LogP contribution in [0.4, 0.5) is 0 Å². The molecular weight excluding hydrogens is 214 g/mol. The zero-order valence-corrected chi connectivity index (χ0v) is 12.0. The highest BCUT2D eigenvalue weighted by atomic mass is 32.2. The molecule has 94 valence electrons. The molecule has 0 aromatic carbocycles. The van der Waals surface area contributed by atoms with Crippen LogP contribution in [0.2, 0.25) is 0 Å². The fourth-order valence-electron chi connectivity index (χ4n) is 3.09. The van der Waals surface area contributed by atoms with Crippen molar-refractivity contribution in [1.82, 2.24) is 5.32 Å². The van der Waals surface area contributed by atoms with Crippen molar-refractivity contribution in [1.29, 1.82) is 0 Å². The van der Waals surface area contributed by atoms with Crippen LogP contribution < -0.4 is 5.32 Å². The zero-order valence-electron chi connectivity index (χ0n) is 11.1. The van der Waals surface area contributed by atoms with E-state index in [2.05, 4.69) is 37.8 Å². The molecule has 1 unspecified atom stereocenters. The predicted octanol–water partition coefficient (Wildman–Crippen LogP) is 3.69. The molecule has 1 heterocycles. The van der Waals surface area contributed by atoms with E-state index in [1.807, 2.05) is 0 Å². The van der Waals surface area contributed by atoms with Crippen LogP contribution in [0.5, 0.6) is 0 Å². The number of nitrogens with one attached hydrogen (secondary N) is 1. The van der Waals surface area contributed by atoms with E-state index in [1.165, 1.54) is 50.2 Å². The largest absolute Gasteiger partial charge is 0.313 e. The van der Waals surface area contributed by atoms with Crippen molar-refractivity contribution in [2.75, 3.05) is 18.1 Å². The van der Waals surface area contributed by atoms with Gasteiger partial charge in [-0.15, -0.1) is 0 Å². The SMILES string of the molecule is CCC1(CNC2CSCC(C)(C)C2)CCC1. The molecule has 1 saturated heterocycles. The van der Waals surface area contributed by atoms with Gasteiger partial charge in [-0.25, -0.2) is 0 Å². The maximum atomic E-state index is 3.85. The summed E-state index contributed by atoms with van der Waals surface area (Å²) in [5, 5.41) is 3.85. The normalized spacial score (nSPS) is 32.1. The molecule has 0 amide bonds. The molecule has 1 nitrogen and oxygen atoms in total. The maximum Gasteiger partial charge on any atom is 0.0163 e. The first-order chi connectivity index (χ1) is 7.55. The van der Waals surface area contributed by atoms with Gasteiger partial charge >= 0.3 is 0 Å². The molecule has 16 heavy (non-hydrogen) atoms. The first-order valence-electron chi connectivity index (χ1n) is 6.86. The Morgan fingerprint density at radius 3 is 2.56 bits per heavy atom. The Kier molecular flexibility index (Phi) is 3.90. The van der Waals surface area contributed by atoms with Crippen LogP contribution in [-0.4, -0.2) is 24.1 Å². The topological polar surface area (TPSA) is 12.0 Å². The summed E-state index contributed by atoms with van der Waals surface area (Å²) in [6.45, 7) is 8.45. The summed E-state index contributed by atoms with van der Waals surface area (Å²) in [5.41, 5.74) is 1.21. The molecule has 0 bridgehead atoms. The monoisotopic (exact) mass is 241 g/mol. The molecule has 1 aliphatic heterocycles. The smallest absolute Gasteiger partial charge is 0.0163 e. The lowest BCUT2D eigenvalue weighted by Crippen LogP contribution is -2.47. The van der Waals surface area contributed by atoms with E-state index in [0.29, 0.717) is 10.8 Å². The highest BCUT2D eigenvalue weighted by Crippen LogP contribution is 2.43. The van der Waals surface area contributed by atoms with Gasteiger partial charge in [0.2, 0.25) is 0 Å². The Labute approximate surface area is 105 Å². The van der Waals surface area contributed by atoms with Gasteiger partial charge in [-0.1, -0.05) is 27.2 Å². The number of hydrogen-bond donors (Lipinski definition) is 1. The van der Waals surface area contributed by atoms with Crippen LogP contribution in [-0.2, 0) is 0 Å². The first-order valence-corrected chi connectivity index (χ1v) is 8.02. The average molecular weight is 241 g/mol. The van der Waals surface area contributed by atoms with Crippen LogP contribution in [0.1, 0.15) is 52.9 Å². The Morgan fingerprint density at radius 1 is 1.31 bits per heavy atom. The van der Waals surface area contributed by atoms with Gasteiger partial charge in [-0.3, -0.25) is 0 Å². The number of hydrogen-bond acceptors (Lipinski definition) is 2. The third-order valence-corrected chi connectivity index (χ3v) is 6.16. The summed E-state index contributed by atoms with van der Waals surface area (Å²) < 4.78 is 0. The molecule has 0 aromatic rings.